The van der Waals surface area contributed by atoms with E-state index in [1.54, 1.807) is 0 Å². The van der Waals surface area contributed by atoms with E-state index in [1.165, 1.54) is 105 Å². The van der Waals surface area contributed by atoms with Gasteiger partial charge in [0, 0.05) is 27.5 Å². The summed E-state index contributed by atoms with van der Waals surface area (Å²) in [6, 6.07) is 101. The van der Waals surface area contributed by atoms with Gasteiger partial charge < -0.3 is 9.30 Å². The first-order chi connectivity index (χ1) is 38.8. The van der Waals surface area contributed by atoms with Crippen molar-refractivity contribution < 1.29 is 4.74 Å². The molecule has 1 aromatic heterocycles. The Hall–Kier alpha value is -9.70. The van der Waals surface area contributed by atoms with Gasteiger partial charge in [-0.05, 0) is 147 Å². The standard InChI is InChI=1S/C76H54BNO/c1-76(2,3)56-47-71-73-72(48-56)79-75-67(64-39-23-22-35-60(64)52-30-14-7-15-31-52)44-55(63-38-21-18-34-59(63)51-28-12-6-13-29-51)46-69(75)77(73)68-45-54(62-37-20-17-33-58(62)50-26-10-5-11-27-50)43-66-65-42-53(40-41-70(65)78(71)74(66)68)61-36-19-16-32-57(61)49-24-8-4-9-25-49/h4-48H,1-3H3. The van der Waals surface area contributed by atoms with Gasteiger partial charge >= 0.3 is 0 Å². The lowest BCUT2D eigenvalue weighted by Gasteiger charge is -2.36. The molecule has 0 spiro atoms. The molecule has 0 atom stereocenters. The molecule has 79 heavy (non-hydrogen) atoms. The molecule has 0 unspecified atom stereocenters. The normalized spacial score (nSPS) is 12.3. The lowest BCUT2D eigenvalue weighted by Crippen LogP contribution is -2.58. The number of fused-ring (bicyclic) bond motifs is 7. The summed E-state index contributed by atoms with van der Waals surface area (Å²) in [4.78, 5) is 0. The van der Waals surface area contributed by atoms with Crippen molar-refractivity contribution in [2.75, 3.05) is 0 Å². The van der Waals surface area contributed by atoms with Crippen LogP contribution in [0.5, 0.6) is 11.5 Å². The molecule has 2 aliphatic rings. The van der Waals surface area contributed by atoms with Crippen LogP contribution in [0.25, 0.3) is 117 Å². The Labute approximate surface area is 462 Å². The zero-order valence-corrected chi connectivity index (χ0v) is 44.4. The van der Waals surface area contributed by atoms with Gasteiger partial charge in [0.1, 0.15) is 11.5 Å². The first-order valence-electron chi connectivity index (χ1n) is 27.6. The van der Waals surface area contributed by atoms with E-state index in [0.29, 0.717) is 0 Å². The highest BCUT2D eigenvalue weighted by Gasteiger charge is 2.43. The number of aromatic nitrogens is 1. The maximum atomic E-state index is 7.75. The SMILES string of the molecule is CC(C)(C)c1cc2c3c(c1)-n1c4ccc(-c5ccccc5-c5ccccc5)cc4c4cc(-c5ccccc5-c5ccccc5)cc(c41)B3c1cc(-c3ccccc3-c3ccccc3)cc(-c3ccccc3-c3ccccc3)c1O2. The van der Waals surface area contributed by atoms with Crippen molar-refractivity contribution in [1.29, 1.82) is 0 Å². The number of hydrogen-bond donors (Lipinski definition) is 0. The van der Waals surface area contributed by atoms with Crippen LogP contribution in [-0.4, -0.2) is 11.3 Å². The minimum Gasteiger partial charge on any atom is -0.458 e. The van der Waals surface area contributed by atoms with Crippen LogP contribution in [0.15, 0.2) is 273 Å². The summed E-state index contributed by atoms with van der Waals surface area (Å²) in [5, 5.41) is 2.44. The largest absolute Gasteiger partial charge is 0.458 e. The number of nitrogens with zero attached hydrogens (tertiary/aromatic N) is 1. The number of ether oxygens (including phenoxy) is 1. The molecule has 13 aromatic rings. The van der Waals surface area contributed by atoms with Gasteiger partial charge in [0.25, 0.3) is 6.71 Å². The second kappa shape index (κ2) is 18.5. The third-order valence-corrected chi connectivity index (χ3v) is 16.6. The molecule has 0 radical (unpaired) electrons. The average molecular weight is 1010 g/mol. The van der Waals surface area contributed by atoms with E-state index >= 15 is 0 Å². The van der Waals surface area contributed by atoms with Gasteiger partial charge in [-0.2, -0.15) is 0 Å². The summed E-state index contributed by atoms with van der Waals surface area (Å²) in [5.41, 5.74) is 27.0. The summed E-state index contributed by atoms with van der Waals surface area (Å²) in [7, 11) is 0. The predicted molar refractivity (Wildman–Crippen MR) is 334 cm³/mol. The molecular weight excluding hydrogens is 954 g/mol. The minimum absolute atomic E-state index is 0.180. The van der Waals surface area contributed by atoms with Crippen LogP contribution in [0.2, 0.25) is 0 Å². The first kappa shape index (κ1) is 46.6. The quantitative estimate of drug-likeness (QED) is 0.138. The monoisotopic (exact) mass is 1010 g/mol. The van der Waals surface area contributed by atoms with Gasteiger partial charge in [0.15, 0.2) is 0 Å². The number of rotatable bonds is 8. The average Bonchev–Trinajstić information content (AvgIpc) is 2.82. The van der Waals surface area contributed by atoms with Gasteiger partial charge in [-0.1, -0.05) is 257 Å². The zero-order chi connectivity index (χ0) is 52.8. The van der Waals surface area contributed by atoms with Crippen LogP contribution in [0.1, 0.15) is 26.3 Å². The maximum absolute atomic E-state index is 7.75. The minimum atomic E-state index is -0.198. The highest BCUT2D eigenvalue weighted by atomic mass is 16.5. The molecule has 0 saturated heterocycles. The highest BCUT2D eigenvalue weighted by Crippen LogP contribution is 2.48. The van der Waals surface area contributed by atoms with Crippen molar-refractivity contribution in [2.45, 2.75) is 26.2 Å². The molecule has 372 valence electrons. The van der Waals surface area contributed by atoms with Crippen LogP contribution < -0.4 is 21.1 Å². The van der Waals surface area contributed by atoms with Crippen LogP contribution in [0, 0.1) is 0 Å². The van der Waals surface area contributed by atoms with Crippen molar-refractivity contribution in [3.05, 3.63) is 279 Å². The second-order valence-electron chi connectivity index (χ2n) is 22.3. The lowest BCUT2D eigenvalue weighted by molar-refractivity contribution is 0.484. The fourth-order valence-electron chi connectivity index (χ4n) is 12.9. The van der Waals surface area contributed by atoms with E-state index in [4.69, 9.17) is 4.74 Å². The Morgan fingerprint density at radius 3 is 1.23 bits per heavy atom. The van der Waals surface area contributed by atoms with E-state index in [-0.39, 0.29) is 12.1 Å². The molecule has 0 aliphatic carbocycles. The van der Waals surface area contributed by atoms with Crippen molar-refractivity contribution in [3.63, 3.8) is 0 Å². The van der Waals surface area contributed by atoms with Crippen LogP contribution in [0.4, 0.5) is 0 Å². The van der Waals surface area contributed by atoms with E-state index in [1.807, 2.05) is 0 Å². The van der Waals surface area contributed by atoms with Gasteiger partial charge in [-0.15, -0.1) is 0 Å². The topological polar surface area (TPSA) is 14.2 Å². The molecule has 0 bridgehead atoms. The summed E-state index contributed by atoms with van der Waals surface area (Å²) in [6.45, 7) is 6.76. The molecule has 2 aliphatic heterocycles. The maximum Gasteiger partial charge on any atom is 0.256 e. The van der Waals surface area contributed by atoms with E-state index < -0.39 is 0 Å². The lowest BCUT2D eigenvalue weighted by atomic mass is 9.34. The number of benzene rings is 12. The Balaban J connectivity index is 1.08. The number of hydrogen-bond acceptors (Lipinski definition) is 1. The fourth-order valence-corrected chi connectivity index (χ4v) is 12.9. The molecule has 15 rings (SSSR count). The fraction of sp³-hybridized carbons (Fsp3) is 0.0526. The van der Waals surface area contributed by atoms with Crippen LogP contribution >= 0.6 is 0 Å². The van der Waals surface area contributed by atoms with Crippen LogP contribution in [-0.2, 0) is 5.41 Å². The molecule has 0 amide bonds. The van der Waals surface area contributed by atoms with E-state index in [0.717, 1.165) is 44.8 Å². The van der Waals surface area contributed by atoms with Gasteiger partial charge in [0.05, 0.1) is 5.52 Å². The molecule has 12 aromatic carbocycles. The van der Waals surface area contributed by atoms with Crippen molar-refractivity contribution in [2.24, 2.45) is 0 Å². The van der Waals surface area contributed by atoms with Crippen molar-refractivity contribution in [1.82, 2.24) is 4.57 Å². The van der Waals surface area contributed by atoms with Crippen molar-refractivity contribution in [3.8, 4) is 106 Å². The second-order valence-corrected chi connectivity index (χ2v) is 22.3. The Morgan fingerprint density at radius 2 is 0.734 bits per heavy atom. The Morgan fingerprint density at radius 1 is 0.329 bits per heavy atom. The zero-order valence-electron chi connectivity index (χ0n) is 44.4. The Bertz CT molecular complexity index is 4530. The van der Waals surface area contributed by atoms with Gasteiger partial charge in [0.2, 0.25) is 0 Å². The van der Waals surface area contributed by atoms with Crippen LogP contribution in [0.3, 0.4) is 0 Å². The Kier molecular flexibility index (Phi) is 10.9. The first-order valence-corrected chi connectivity index (χ1v) is 27.6. The predicted octanol–water partition coefficient (Wildman–Crippen LogP) is 18.4. The summed E-state index contributed by atoms with van der Waals surface area (Å²) < 4.78 is 10.3. The molecule has 0 fully saturated rings. The summed E-state index contributed by atoms with van der Waals surface area (Å²) in [5.74, 6) is 1.80. The van der Waals surface area contributed by atoms with E-state index in [9.17, 15) is 0 Å². The third-order valence-electron chi connectivity index (χ3n) is 16.6. The van der Waals surface area contributed by atoms with Gasteiger partial charge in [-0.25, -0.2) is 0 Å². The van der Waals surface area contributed by atoms with Gasteiger partial charge in [-0.3, -0.25) is 0 Å². The highest BCUT2D eigenvalue weighted by molar-refractivity contribution is 6.99. The molecular formula is C76H54BNO. The smallest absolute Gasteiger partial charge is 0.256 e. The molecule has 0 saturated carbocycles. The summed E-state index contributed by atoms with van der Waals surface area (Å²) in [6.07, 6.45) is 0. The third kappa shape index (κ3) is 7.71. The molecule has 3 heterocycles. The molecule has 2 nitrogen and oxygen atoms in total. The molecule has 0 N–H and O–H groups in total. The molecule has 3 heteroatoms. The van der Waals surface area contributed by atoms with E-state index in [2.05, 4.69) is 298 Å². The summed E-state index contributed by atoms with van der Waals surface area (Å²) >= 11 is 0. The van der Waals surface area contributed by atoms with Crippen molar-refractivity contribution >= 4 is 44.9 Å².